The molecule has 2 heteroatoms. The molecule has 0 atom stereocenters. The van der Waals surface area contributed by atoms with E-state index in [1.807, 2.05) is 30.4 Å². The third-order valence-corrected chi connectivity index (χ3v) is 4.04. The standard InChI is InChI=1S/C20H20O2/c1-2-15-6-10-18(11-7-15)22-13-3-4-16-5-8-17-9-12-20(21)19(17)14-16/h3-8,10-11,14H,2,9,12-13H2,1H3. The molecular formula is C20H20O2. The maximum absolute atomic E-state index is 11.7. The molecule has 0 aliphatic heterocycles. The van der Waals surface area contributed by atoms with Crippen LogP contribution in [0.3, 0.4) is 0 Å². The van der Waals surface area contributed by atoms with Crippen LogP contribution in [-0.2, 0) is 12.8 Å². The minimum absolute atomic E-state index is 0.262. The van der Waals surface area contributed by atoms with Gasteiger partial charge >= 0.3 is 0 Å². The number of ether oxygens (including phenoxy) is 1. The number of hydrogen-bond donors (Lipinski definition) is 0. The Hall–Kier alpha value is -2.35. The summed E-state index contributed by atoms with van der Waals surface area (Å²) in [5, 5.41) is 0. The van der Waals surface area contributed by atoms with Crippen LogP contribution in [-0.4, -0.2) is 12.4 Å². The van der Waals surface area contributed by atoms with E-state index in [0.717, 1.165) is 29.7 Å². The van der Waals surface area contributed by atoms with Gasteiger partial charge < -0.3 is 4.74 Å². The van der Waals surface area contributed by atoms with Gasteiger partial charge in [0.05, 0.1) is 0 Å². The molecule has 0 heterocycles. The highest BCUT2D eigenvalue weighted by Crippen LogP contribution is 2.23. The molecule has 0 fully saturated rings. The second-order valence-electron chi connectivity index (χ2n) is 5.55. The van der Waals surface area contributed by atoms with E-state index in [0.29, 0.717) is 13.0 Å². The van der Waals surface area contributed by atoms with Gasteiger partial charge in [-0.25, -0.2) is 0 Å². The Morgan fingerprint density at radius 2 is 1.91 bits per heavy atom. The largest absolute Gasteiger partial charge is 0.490 e. The van der Waals surface area contributed by atoms with E-state index in [9.17, 15) is 4.79 Å². The second kappa shape index (κ2) is 6.61. The van der Waals surface area contributed by atoms with Crippen molar-refractivity contribution in [3.05, 3.63) is 70.8 Å². The SMILES string of the molecule is CCc1ccc(OCC=Cc2ccc3c(c2)C(=O)CC3)cc1. The van der Waals surface area contributed by atoms with Crippen LogP contribution in [0.5, 0.6) is 5.75 Å². The predicted molar refractivity (Wildman–Crippen MR) is 89.4 cm³/mol. The summed E-state index contributed by atoms with van der Waals surface area (Å²) in [4.78, 5) is 11.7. The average Bonchev–Trinajstić information content (AvgIpc) is 2.93. The van der Waals surface area contributed by atoms with Crippen LogP contribution < -0.4 is 4.74 Å². The molecule has 2 aromatic rings. The number of carbonyl (C=O) groups excluding carboxylic acids is 1. The van der Waals surface area contributed by atoms with Gasteiger partial charge in [0.2, 0.25) is 0 Å². The molecule has 0 bridgehead atoms. The molecule has 2 nitrogen and oxygen atoms in total. The lowest BCUT2D eigenvalue weighted by atomic mass is 10.1. The summed E-state index contributed by atoms with van der Waals surface area (Å²) in [7, 11) is 0. The summed E-state index contributed by atoms with van der Waals surface area (Å²) in [5.74, 6) is 1.14. The van der Waals surface area contributed by atoms with Gasteiger partial charge in [0.15, 0.2) is 5.78 Å². The summed E-state index contributed by atoms with van der Waals surface area (Å²) in [6.45, 7) is 2.66. The fraction of sp³-hybridized carbons (Fsp3) is 0.250. The average molecular weight is 292 g/mol. The van der Waals surface area contributed by atoms with Crippen LogP contribution in [0.15, 0.2) is 48.5 Å². The van der Waals surface area contributed by atoms with E-state index >= 15 is 0 Å². The van der Waals surface area contributed by atoms with E-state index in [2.05, 4.69) is 31.2 Å². The van der Waals surface area contributed by atoms with E-state index < -0.39 is 0 Å². The Morgan fingerprint density at radius 1 is 1.09 bits per heavy atom. The molecule has 1 aliphatic rings. The fourth-order valence-electron chi connectivity index (χ4n) is 2.71. The van der Waals surface area contributed by atoms with E-state index in [-0.39, 0.29) is 5.78 Å². The lowest BCUT2D eigenvalue weighted by Crippen LogP contribution is -1.94. The number of Topliss-reactive ketones (excluding diaryl/α,β-unsaturated/α-hetero) is 1. The Balaban J connectivity index is 1.58. The molecule has 2 aromatic carbocycles. The van der Waals surface area contributed by atoms with Crippen molar-refractivity contribution < 1.29 is 9.53 Å². The van der Waals surface area contributed by atoms with Gasteiger partial charge in [-0.05, 0) is 53.8 Å². The molecule has 0 aromatic heterocycles. The monoisotopic (exact) mass is 292 g/mol. The van der Waals surface area contributed by atoms with Crippen LogP contribution >= 0.6 is 0 Å². The topological polar surface area (TPSA) is 26.3 Å². The number of ketones is 1. The lowest BCUT2D eigenvalue weighted by molar-refractivity contribution is 0.0994. The number of fused-ring (bicyclic) bond motifs is 1. The molecule has 3 rings (SSSR count). The number of rotatable bonds is 5. The van der Waals surface area contributed by atoms with Gasteiger partial charge in [-0.2, -0.15) is 0 Å². The summed E-state index contributed by atoms with van der Waals surface area (Å²) in [6, 6.07) is 14.3. The van der Waals surface area contributed by atoms with Crippen LogP contribution in [0.25, 0.3) is 6.08 Å². The number of hydrogen-bond acceptors (Lipinski definition) is 2. The Labute approximate surface area is 131 Å². The van der Waals surface area contributed by atoms with Crippen molar-refractivity contribution in [2.45, 2.75) is 26.2 Å². The number of aryl methyl sites for hydroxylation is 2. The highest BCUT2D eigenvalue weighted by Gasteiger charge is 2.18. The first-order valence-corrected chi connectivity index (χ1v) is 7.80. The number of benzene rings is 2. The number of carbonyl (C=O) groups is 1. The predicted octanol–water partition coefficient (Wildman–Crippen LogP) is 4.47. The summed E-state index contributed by atoms with van der Waals surface area (Å²) < 4.78 is 5.69. The van der Waals surface area contributed by atoms with Crippen molar-refractivity contribution in [1.82, 2.24) is 0 Å². The van der Waals surface area contributed by atoms with E-state index in [1.165, 1.54) is 11.1 Å². The van der Waals surface area contributed by atoms with Crippen molar-refractivity contribution in [3.8, 4) is 5.75 Å². The van der Waals surface area contributed by atoms with Gasteiger partial charge in [-0.3, -0.25) is 4.79 Å². The quantitative estimate of drug-likeness (QED) is 0.812. The highest BCUT2D eigenvalue weighted by atomic mass is 16.5. The van der Waals surface area contributed by atoms with Crippen molar-refractivity contribution in [1.29, 1.82) is 0 Å². The maximum atomic E-state index is 11.7. The third kappa shape index (κ3) is 3.28. The lowest BCUT2D eigenvalue weighted by Gasteiger charge is -2.04. The minimum atomic E-state index is 0.262. The van der Waals surface area contributed by atoms with Gasteiger partial charge in [-0.1, -0.05) is 37.3 Å². The van der Waals surface area contributed by atoms with Crippen LogP contribution in [0.2, 0.25) is 0 Å². The zero-order valence-electron chi connectivity index (χ0n) is 12.8. The van der Waals surface area contributed by atoms with Crippen LogP contribution in [0.4, 0.5) is 0 Å². The molecule has 0 spiro atoms. The molecule has 1 aliphatic carbocycles. The third-order valence-electron chi connectivity index (χ3n) is 4.04. The van der Waals surface area contributed by atoms with Crippen LogP contribution in [0, 0.1) is 0 Å². The minimum Gasteiger partial charge on any atom is -0.490 e. The molecule has 0 saturated carbocycles. The molecule has 0 saturated heterocycles. The van der Waals surface area contributed by atoms with Gasteiger partial charge in [0.1, 0.15) is 12.4 Å². The zero-order chi connectivity index (χ0) is 15.4. The first-order valence-electron chi connectivity index (χ1n) is 7.80. The van der Waals surface area contributed by atoms with E-state index in [1.54, 1.807) is 0 Å². The molecule has 0 amide bonds. The summed E-state index contributed by atoms with van der Waals surface area (Å²) in [5.41, 5.74) is 4.43. The van der Waals surface area contributed by atoms with Crippen molar-refractivity contribution >= 4 is 11.9 Å². The Kier molecular flexibility index (Phi) is 4.38. The first kappa shape index (κ1) is 14.6. The zero-order valence-corrected chi connectivity index (χ0v) is 12.8. The fourth-order valence-corrected chi connectivity index (χ4v) is 2.71. The van der Waals surface area contributed by atoms with Gasteiger partial charge in [0.25, 0.3) is 0 Å². The second-order valence-corrected chi connectivity index (χ2v) is 5.55. The molecule has 0 N–H and O–H groups in total. The van der Waals surface area contributed by atoms with Crippen molar-refractivity contribution in [3.63, 3.8) is 0 Å². The smallest absolute Gasteiger partial charge is 0.163 e. The van der Waals surface area contributed by atoms with Gasteiger partial charge in [-0.15, -0.1) is 0 Å². The molecule has 22 heavy (non-hydrogen) atoms. The Bertz CT molecular complexity index is 696. The Morgan fingerprint density at radius 3 is 2.68 bits per heavy atom. The summed E-state index contributed by atoms with van der Waals surface area (Å²) in [6.07, 6.45) is 6.56. The highest BCUT2D eigenvalue weighted by molar-refractivity contribution is 6.00. The molecule has 0 radical (unpaired) electrons. The normalized spacial score (nSPS) is 13.6. The van der Waals surface area contributed by atoms with Crippen molar-refractivity contribution in [2.24, 2.45) is 0 Å². The van der Waals surface area contributed by atoms with Crippen LogP contribution in [0.1, 0.15) is 40.4 Å². The molecule has 112 valence electrons. The molecular weight excluding hydrogens is 272 g/mol. The summed E-state index contributed by atoms with van der Waals surface area (Å²) >= 11 is 0. The molecule has 0 unspecified atom stereocenters. The maximum Gasteiger partial charge on any atom is 0.163 e. The first-order chi connectivity index (χ1) is 10.8. The van der Waals surface area contributed by atoms with Crippen molar-refractivity contribution in [2.75, 3.05) is 6.61 Å². The van der Waals surface area contributed by atoms with Gasteiger partial charge in [0, 0.05) is 12.0 Å². The van der Waals surface area contributed by atoms with E-state index in [4.69, 9.17) is 4.74 Å².